The third-order valence-electron chi connectivity index (χ3n) is 4.13. The number of aromatic nitrogens is 3. The molecule has 0 atom stereocenters. The van der Waals surface area contributed by atoms with Gasteiger partial charge in [0.15, 0.2) is 11.5 Å². The van der Waals surface area contributed by atoms with E-state index in [1.807, 2.05) is 49.4 Å². The maximum absolute atomic E-state index is 12.7. The fraction of sp³-hybridized carbons (Fsp3) is 0.158. The minimum absolute atomic E-state index is 0.137. The van der Waals surface area contributed by atoms with Crippen molar-refractivity contribution in [3.8, 4) is 11.5 Å². The fourth-order valence-corrected chi connectivity index (χ4v) is 2.84. The summed E-state index contributed by atoms with van der Waals surface area (Å²) in [6, 6.07) is 13.3. The average molecular weight is 380 g/mol. The molecule has 4 rings (SSSR count). The zero-order valence-electron chi connectivity index (χ0n) is 14.5. The van der Waals surface area contributed by atoms with Crippen molar-refractivity contribution in [3.63, 3.8) is 0 Å². The standard InChI is InChI=1S/C19H16N4O3S/c1-12-2-4-13(5-3-12)10-20-23-18(24)15(21-22-19(23)27)8-14-6-7-16-17(9-14)26-11-25-16/h2-7,9-10H,8,11H2,1H3,(H,22,27)/b20-10+. The number of nitrogens with zero attached hydrogens (tertiary/aromatic N) is 3. The van der Waals surface area contributed by atoms with Crippen molar-refractivity contribution in [2.45, 2.75) is 13.3 Å². The maximum atomic E-state index is 12.7. The lowest BCUT2D eigenvalue weighted by Crippen LogP contribution is -2.25. The third-order valence-corrected chi connectivity index (χ3v) is 4.39. The summed E-state index contributed by atoms with van der Waals surface area (Å²) in [5.41, 5.74) is 2.85. The van der Waals surface area contributed by atoms with Crippen LogP contribution in [-0.4, -0.2) is 27.9 Å². The fourth-order valence-electron chi connectivity index (χ4n) is 2.67. The van der Waals surface area contributed by atoms with E-state index in [1.165, 1.54) is 0 Å². The molecular weight excluding hydrogens is 364 g/mol. The zero-order chi connectivity index (χ0) is 18.8. The highest BCUT2D eigenvalue weighted by atomic mass is 32.1. The molecule has 0 unspecified atom stereocenters. The van der Waals surface area contributed by atoms with Crippen molar-refractivity contribution < 1.29 is 9.47 Å². The minimum atomic E-state index is -0.361. The molecule has 0 amide bonds. The van der Waals surface area contributed by atoms with E-state index in [0.29, 0.717) is 23.6 Å². The molecule has 7 nitrogen and oxygen atoms in total. The molecule has 136 valence electrons. The number of rotatable bonds is 4. The lowest BCUT2D eigenvalue weighted by molar-refractivity contribution is 0.174. The average Bonchev–Trinajstić information content (AvgIpc) is 3.13. The molecule has 0 saturated carbocycles. The molecule has 0 saturated heterocycles. The van der Waals surface area contributed by atoms with Gasteiger partial charge in [0.05, 0.1) is 6.21 Å². The van der Waals surface area contributed by atoms with Crippen LogP contribution in [0.2, 0.25) is 0 Å². The lowest BCUT2D eigenvalue weighted by Gasteiger charge is -2.04. The Balaban J connectivity index is 1.63. The van der Waals surface area contributed by atoms with Gasteiger partial charge >= 0.3 is 0 Å². The van der Waals surface area contributed by atoms with Gasteiger partial charge in [0, 0.05) is 6.42 Å². The van der Waals surface area contributed by atoms with Crippen molar-refractivity contribution in [1.29, 1.82) is 0 Å². The van der Waals surface area contributed by atoms with E-state index < -0.39 is 0 Å². The molecule has 0 bridgehead atoms. The quantitative estimate of drug-likeness (QED) is 0.556. The smallest absolute Gasteiger partial charge is 0.297 e. The first-order valence-electron chi connectivity index (χ1n) is 8.30. The van der Waals surface area contributed by atoms with Gasteiger partial charge in [-0.3, -0.25) is 9.89 Å². The van der Waals surface area contributed by atoms with Crippen LogP contribution < -0.4 is 15.0 Å². The van der Waals surface area contributed by atoms with Crippen LogP contribution in [0.4, 0.5) is 0 Å². The summed E-state index contributed by atoms with van der Waals surface area (Å²) in [4.78, 5) is 12.7. The van der Waals surface area contributed by atoms with Gasteiger partial charge in [0.25, 0.3) is 5.56 Å². The van der Waals surface area contributed by atoms with Crippen molar-refractivity contribution in [1.82, 2.24) is 14.9 Å². The van der Waals surface area contributed by atoms with Crippen molar-refractivity contribution in [2.24, 2.45) is 5.10 Å². The van der Waals surface area contributed by atoms with Gasteiger partial charge in [-0.05, 0) is 42.4 Å². The number of H-pyrrole nitrogens is 1. The molecule has 1 aliphatic rings. The van der Waals surface area contributed by atoms with Crippen LogP contribution in [0, 0.1) is 11.7 Å². The first-order valence-corrected chi connectivity index (χ1v) is 8.71. The van der Waals surface area contributed by atoms with E-state index in [0.717, 1.165) is 21.4 Å². The Morgan fingerprint density at radius 1 is 1.22 bits per heavy atom. The van der Waals surface area contributed by atoms with Crippen LogP contribution >= 0.6 is 12.2 Å². The van der Waals surface area contributed by atoms with Crippen LogP contribution in [0.5, 0.6) is 11.5 Å². The van der Waals surface area contributed by atoms with Gasteiger partial charge in [-0.1, -0.05) is 35.9 Å². The SMILES string of the molecule is Cc1ccc(/C=N/n2c(=S)[nH]nc(Cc3ccc4c(c3)OCO4)c2=O)cc1. The Kier molecular flexibility index (Phi) is 4.55. The molecule has 2 heterocycles. The minimum Gasteiger partial charge on any atom is -0.454 e. The summed E-state index contributed by atoms with van der Waals surface area (Å²) in [6.45, 7) is 2.21. The summed E-state index contributed by atoms with van der Waals surface area (Å²) in [6.07, 6.45) is 1.91. The Bertz CT molecular complexity index is 1130. The second-order valence-electron chi connectivity index (χ2n) is 6.11. The highest BCUT2D eigenvalue weighted by Crippen LogP contribution is 2.32. The van der Waals surface area contributed by atoms with Crippen molar-refractivity contribution in [2.75, 3.05) is 6.79 Å². The van der Waals surface area contributed by atoms with Crippen LogP contribution in [0.15, 0.2) is 52.4 Å². The van der Waals surface area contributed by atoms with E-state index in [-0.39, 0.29) is 17.1 Å². The predicted molar refractivity (Wildman–Crippen MR) is 103 cm³/mol. The number of fused-ring (bicyclic) bond motifs is 1. The predicted octanol–water partition coefficient (Wildman–Crippen LogP) is 2.81. The molecule has 2 aromatic carbocycles. The zero-order valence-corrected chi connectivity index (χ0v) is 15.3. The molecular formula is C19H16N4O3S. The van der Waals surface area contributed by atoms with E-state index in [1.54, 1.807) is 6.21 Å². The van der Waals surface area contributed by atoms with Gasteiger partial charge in [-0.15, -0.1) is 0 Å². The lowest BCUT2D eigenvalue weighted by atomic mass is 10.1. The van der Waals surface area contributed by atoms with E-state index in [4.69, 9.17) is 21.7 Å². The normalized spacial score (nSPS) is 12.6. The van der Waals surface area contributed by atoms with Gasteiger partial charge in [-0.25, -0.2) is 0 Å². The van der Waals surface area contributed by atoms with Crippen LogP contribution in [0.1, 0.15) is 22.4 Å². The number of hydrogen-bond acceptors (Lipinski definition) is 6. The molecule has 1 aliphatic heterocycles. The molecule has 1 aromatic heterocycles. The number of aryl methyl sites for hydroxylation is 1. The molecule has 0 aliphatic carbocycles. The first kappa shape index (κ1) is 17.2. The van der Waals surface area contributed by atoms with Crippen LogP contribution in [0.25, 0.3) is 0 Å². The van der Waals surface area contributed by atoms with Gasteiger partial charge < -0.3 is 9.47 Å². The first-order chi connectivity index (χ1) is 13.1. The summed E-state index contributed by atoms with van der Waals surface area (Å²) >= 11 is 5.16. The Hall–Kier alpha value is -3.26. The Morgan fingerprint density at radius 2 is 2.00 bits per heavy atom. The molecule has 0 radical (unpaired) electrons. The number of hydrogen-bond donors (Lipinski definition) is 1. The highest BCUT2D eigenvalue weighted by molar-refractivity contribution is 7.71. The topological polar surface area (TPSA) is 81.5 Å². The monoisotopic (exact) mass is 380 g/mol. The number of nitrogens with one attached hydrogen (secondary N) is 1. The number of ether oxygens (including phenoxy) is 2. The molecule has 27 heavy (non-hydrogen) atoms. The Morgan fingerprint density at radius 3 is 2.81 bits per heavy atom. The van der Waals surface area contributed by atoms with E-state index in [9.17, 15) is 4.79 Å². The van der Waals surface area contributed by atoms with Crippen molar-refractivity contribution >= 4 is 18.4 Å². The highest BCUT2D eigenvalue weighted by Gasteiger charge is 2.15. The number of aromatic amines is 1. The van der Waals surface area contributed by atoms with Crippen molar-refractivity contribution in [3.05, 3.63) is 80.0 Å². The maximum Gasteiger partial charge on any atom is 0.297 e. The van der Waals surface area contributed by atoms with Gasteiger partial charge in [0.1, 0.15) is 5.69 Å². The molecule has 0 fully saturated rings. The summed E-state index contributed by atoms with van der Waals surface area (Å²) in [7, 11) is 0. The summed E-state index contributed by atoms with van der Waals surface area (Å²) in [5, 5.41) is 11.0. The Labute approximate surface area is 159 Å². The van der Waals surface area contributed by atoms with Crippen LogP contribution in [0.3, 0.4) is 0 Å². The summed E-state index contributed by atoms with van der Waals surface area (Å²) < 4.78 is 12.0. The molecule has 3 aromatic rings. The van der Waals surface area contributed by atoms with E-state index >= 15 is 0 Å². The third kappa shape index (κ3) is 3.65. The van der Waals surface area contributed by atoms with Gasteiger partial charge in [-0.2, -0.15) is 14.9 Å². The largest absolute Gasteiger partial charge is 0.454 e. The van der Waals surface area contributed by atoms with Gasteiger partial charge in [0.2, 0.25) is 11.6 Å². The summed E-state index contributed by atoms with van der Waals surface area (Å²) in [5.74, 6) is 1.35. The second kappa shape index (κ2) is 7.16. The molecule has 1 N–H and O–H groups in total. The molecule has 8 heteroatoms. The molecule has 0 spiro atoms. The second-order valence-corrected chi connectivity index (χ2v) is 6.50. The number of benzene rings is 2. The van der Waals surface area contributed by atoms with Crippen LogP contribution in [-0.2, 0) is 6.42 Å². The van der Waals surface area contributed by atoms with E-state index in [2.05, 4.69) is 15.3 Å².